The predicted molar refractivity (Wildman–Crippen MR) is 100 cm³/mol. The van der Waals surface area contributed by atoms with E-state index in [0.717, 1.165) is 22.6 Å². The first-order valence-corrected chi connectivity index (χ1v) is 8.42. The fourth-order valence-corrected chi connectivity index (χ4v) is 2.79. The van der Waals surface area contributed by atoms with Crippen LogP contribution in [0.25, 0.3) is 5.69 Å². The molecular weight excluding hydrogens is 328 g/mol. The second-order valence-corrected chi connectivity index (χ2v) is 6.22. The van der Waals surface area contributed by atoms with Crippen molar-refractivity contribution in [2.24, 2.45) is 0 Å². The van der Waals surface area contributed by atoms with Crippen molar-refractivity contribution in [3.63, 3.8) is 0 Å². The van der Waals surface area contributed by atoms with Crippen LogP contribution in [0.1, 0.15) is 34.2 Å². The largest absolute Gasteiger partial charge is 0.493 e. The number of ketones is 1. The molecule has 1 heterocycles. The minimum atomic E-state index is -0.00501. The molecular formula is C21H22N2O3. The van der Waals surface area contributed by atoms with Gasteiger partial charge in [-0.15, -0.1) is 0 Å². The maximum Gasteiger partial charge on any atom is 0.161 e. The molecule has 134 valence electrons. The van der Waals surface area contributed by atoms with Gasteiger partial charge in [0.05, 0.1) is 18.5 Å². The SMILES string of the molecule is COc1cc(C(C)=O)ccc1OCc1ccc(-n2nc(C)cc2C)cc1. The van der Waals surface area contributed by atoms with E-state index in [1.165, 1.54) is 6.92 Å². The number of rotatable bonds is 6. The number of aromatic nitrogens is 2. The molecule has 5 nitrogen and oxygen atoms in total. The lowest BCUT2D eigenvalue weighted by Gasteiger charge is -2.12. The summed E-state index contributed by atoms with van der Waals surface area (Å²) in [4.78, 5) is 11.5. The summed E-state index contributed by atoms with van der Waals surface area (Å²) < 4.78 is 13.1. The molecule has 0 atom stereocenters. The van der Waals surface area contributed by atoms with Crippen LogP contribution in [-0.2, 0) is 6.61 Å². The molecule has 0 aliphatic rings. The van der Waals surface area contributed by atoms with Gasteiger partial charge in [-0.25, -0.2) is 4.68 Å². The Morgan fingerprint density at radius 1 is 1.04 bits per heavy atom. The zero-order chi connectivity index (χ0) is 18.7. The van der Waals surface area contributed by atoms with Gasteiger partial charge in [0, 0.05) is 11.3 Å². The minimum Gasteiger partial charge on any atom is -0.493 e. The first-order chi connectivity index (χ1) is 12.5. The van der Waals surface area contributed by atoms with Crippen molar-refractivity contribution in [2.75, 3.05) is 7.11 Å². The first kappa shape index (κ1) is 17.7. The van der Waals surface area contributed by atoms with Gasteiger partial charge in [0.1, 0.15) is 6.61 Å². The summed E-state index contributed by atoms with van der Waals surface area (Å²) in [6.07, 6.45) is 0. The molecule has 0 saturated heterocycles. The lowest BCUT2D eigenvalue weighted by atomic mass is 10.1. The summed E-state index contributed by atoms with van der Waals surface area (Å²) in [7, 11) is 1.56. The summed E-state index contributed by atoms with van der Waals surface area (Å²) >= 11 is 0. The summed E-state index contributed by atoms with van der Waals surface area (Å²) in [5, 5.41) is 4.49. The lowest BCUT2D eigenvalue weighted by Crippen LogP contribution is -2.01. The van der Waals surface area contributed by atoms with E-state index in [1.54, 1.807) is 25.3 Å². The van der Waals surface area contributed by atoms with E-state index in [9.17, 15) is 4.79 Å². The number of benzene rings is 2. The quantitative estimate of drug-likeness (QED) is 0.623. The van der Waals surface area contributed by atoms with Crippen LogP contribution >= 0.6 is 0 Å². The second kappa shape index (κ2) is 7.44. The van der Waals surface area contributed by atoms with Gasteiger partial charge in [-0.05, 0) is 62.7 Å². The molecule has 0 radical (unpaired) electrons. The Bertz CT molecular complexity index is 927. The van der Waals surface area contributed by atoms with Crippen molar-refractivity contribution < 1.29 is 14.3 Å². The van der Waals surface area contributed by atoms with E-state index in [2.05, 4.69) is 5.10 Å². The maximum atomic E-state index is 11.5. The highest BCUT2D eigenvalue weighted by atomic mass is 16.5. The molecule has 2 aromatic carbocycles. The smallest absolute Gasteiger partial charge is 0.161 e. The number of Topliss-reactive ketones (excluding diaryl/α,β-unsaturated/α-hetero) is 1. The van der Waals surface area contributed by atoms with Crippen LogP contribution in [0, 0.1) is 13.8 Å². The van der Waals surface area contributed by atoms with Crippen LogP contribution in [0.3, 0.4) is 0 Å². The van der Waals surface area contributed by atoms with Gasteiger partial charge in [-0.3, -0.25) is 4.79 Å². The standard InChI is InChI=1S/C21H22N2O3/c1-14-11-15(2)23(22-14)19-8-5-17(6-9-19)13-26-20-10-7-18(16(3)24)12-21(20)25-4/h5-12H,13H2,1-4H3. The van der Waals surface area contributed by atoms with Gasteiger partial charge in [0.25, 0.3) is 0 Å². The van der Waals surface area contributed by atoms with Gasteiger partial charge in [-0.2, -0.15) is 5.10 Å². The molecule has 0 amide bonds. The molecule has 3 aromatic rings. The van der Waals surface area contributed by atoms with Crippen LogP contribution in [0.15, 0.2) is 48.5 Å². The molecule has 0 aliphatic carbocycles. The molecule has 3 rings (SSSR count). The Hall–Kier alpha value is -3.08. The second-order valence-electron chi connectivity index (χ2n) is 6.22. The van der Waals surface area contributed by atoms with Gasteiger partial charge in [0.2, 0.25) is 0 Å². The number of aryl methyl sites for hydroxylation is 2. The Morgan fingerprint density at radius 3 is 2.35 bits per heavy atom. The summed E-state index contributed by atoms with van der Waals surface area (Å²) in [5.41, 5.74) is 4.75. The van der Waals surface area contributed by atoms with Gasteiger partial charge < -0.3 is 9.47 Å². The average Bonchev–Trinajstić information content (AvgIpc) is 2.98. The highest BCUT2D eigenvalue weighted by molar-refractivity contribution is 5.94. The zero-order valence-electron chi connectivity index (χ0n) is 15.4. The van der Waals surface area contributed by atoms with Crippen LogP contribution < -0.4 is 9.47 Å². The fraction of sp³-hybridized carbons (Fsp3) is 0.238. The number of methoxy groups -OCH3 is 1. The predicted octanol–water partition coefficient (Wildman–Crippen LogP) is 4.28. The highest BCUT2D eigenvalue weighted by Gasteiger charge is 2.09. The van der Waals surface area contributed by atoms with Crippen molar-refractivity contribution in [1.82, 2.24) is 9.78 Å². The molecule has 0 bridgehead atoms. The highest BCUT2D eigenvalue weighted by Crippen LogP contribution is 2.29. The third-order valence-corrected chi connectivity index (χ3v) is 4.15. The van der Waals surface area contributed by atoms with E-state index >= 15 is 0 Å². The first-order valence-electron chi connectivity index (χ1n) is 8.42. The average molecular weight is 350 g/mol. The molecule has 0 unspecified atom stereocenters. The van der Waals surface area contributed by atoms with Crippen LogP contribution in [0.4, 0.5) is 0 Å². The van der Waals surface area contributed by atoms with Gasteiger partial charge in [0.15, 0.2) is 17.3 Å². The van der Waals surface area contributed by atoms with Crippen molar-refractivity contribution in [2.45, 2.75) is 27.4 Å². The third-order valence-electron chi connectivity index (χ3n) is 4.15. The van der Waals surface area contributed by atoms with E-state index in [-0.39, 0.29) is 5.78 Å². The Kier molecular flexibility index (Phi) is 5.07. The summed E-state index contributed by atoms with van der Waals surface area (Å²) in [6, 6.07) is 15.3. The fourth-order valence-electron chi connectivity index (χ4n) is 2.79. The Labute approximate surface area is 153 Å². The Balaban J connectivity index is 1.72. The lowest BCUT2D eigenvalue weighted by molar-refractivity contribution is 0.101. The van der Waals surface area contributed by atoms with E-state index in [0.29, 0.717) is 23.7 Å². The summed E-state index contributed by atoms with van der Waals surface area (Å²) in [5.74, 6) is 1.16. The molecule has 5 heteroatoms. The third kappa shape index (κ3) is 3.77. The number of ether oxygens (including phenoxy) is 2. The molecule has 0 fully saturated rings. The normalized spacial score (nSPS) is 10.6. The molecule has 26 heavy (non-hydrogen) atoms. The molecule has 0 N–H and O–H groups in total. The minimum absolute atomic E-state index is 0.00501. The van der Waals surface area contributed by atoms with Crippen LogP contribution in [0.5, 0.6) is 11.5 Å². The molecule has 0 saturated carbocycles. The molecule has 0 aliphatic heterocycles. The van der Waals surface area contributed by atoms with Crippen molar-refractivity contribution in [3.05, 3.63) is 71.0 Å². The van der Waals surface area contributed by atoms with Crippen LogP contribution in [-0.4, -0.2) is 22.7 Å². The van der Waals surface area contributed by atoms with Crippen molar-refractivity contribution in [3.8, 4) is 17.2 Å². The topological polar surface area (TPSA) is 53.4 Å². The van der Waals surface area contributed by atoms with Gasteiger partial charge >= 0.3 is 0 Å². The van der Waals surface area contributed by atoms with Crippen LogP contribution in [0.2, 0.25) is 0 Å². The van der Waals surface area contributed by atoms with Crippen molar-refractivity contribution >= 4 is 5.78 Å². The van der Waals surface area contributed by atoms with Crippen molar-refractivity contribution in [1.29, 1.82) is 0 Å². The number of nitrogens with zero attached hydrogens (tertiary/aromatic N) is 2. The van der Waals surface area contributed by atoms with Gasteiger partial charge in [-0.1, -0.05) is 12.1 Å². The number of carbonyl (C=O) groups excluding carboxylic acids is 1. The summed E-state index contributed by atoms with van der Waals surface area (Å²) in [6.45, 7) is 5.96. The van der Waals surface area contributed by atoms with E-state index < -0.39 is 0 Å². The number of carbonyl (C=O) groups is 1. The monoisotopic (exact) mass is 350 g/mol. The number of hydrogen-bond acceptors (Lipinski definition) is 4. The zero-order valence-corrected chi connectivity index (χ0v) is 15.4. The molecule has 0 spiro atoms. The van der Waals surface area contributed by atoms with E-state index in [4.69, 9.17) is 9.47 Å². The number of hydrogen-bond donors (Lipinski definition) is 0. The van der Waals surface area contributed by atoms with E-state index in [1.807, 2.05) is 48.9 Å². The molecule has 1 aromatic heterocycles. The Morgan fingerprint density at radius 2 is 1.77 bits per heavy atom. The maximum absolute atomic E-state index is 11.5.